The lowest BCUT2D eigenvalue weighted by Crippen LogP contribution is -2.14. The molecule has 20 heavy (non-hydrogen) atoms. The maximum atomic E-state index is 13.8. The van der Waals surface area contributed by atoms with Crippen LogP contribution in [0.3, 0.4) is 0 Å². The minimum atomic E-state index is -0.694. The molecule has 0 aliphatic rings. The quantitative estimate of drug-likeness (QED) is 0.689. The second kappa shape index (κ2) is 5.28. The van der Waals surface area contributed by atoms with Gasteiger partial charge in [-0.15, -0.1) is 0 Å². The van der Waals surface area contributed by atoms with Gasteiger partial charge in [-0.25, -0.2) is 8.78 Å². The molecule has 0 aliphatic heterocycles. The van der Waals surface area contributed by atoms with Crippen LogP contribution in [0.2, 0.25) is 0 Å². The number of carbonyl (C=O) groups is 1. The number of nitrogens with zero attached hydrogens (tertiary/aromatic N) is 1. The third kappa shape index (κ3) is 2.61. The Balaban J connectivity index is 2.49. The maximum Gasteiger partial charge on any atom is 0.159 e. The van der Waals surface area contributed by atoms with E-state index in [-0.39, 0.29) is 11.5 Å². The SMILES string of the molecule is CC(=O)c1ccc(N)c(N(C)c2ccc(F)cc2F)c1. The van der Waals surface area contributed by atoms with Crippen LogP contribution in [0.1, 0.15) is 17.3 Å². The van der Waals surface area contributed by atoms with Gasteiger partial charge in [0.25, 0.3) is 0 Å². The molecule has 2 aromatic rings. The first kappa shape index (κ1) is 14.0. The van der Waals surface area contributed by atoms with E-state index in [0.717, 1.165) is 6.07 Å². The van der Waals surface area contributed by atoms with E-state index in [1.807, 2.05) is 0 Å². The van der Waals surface area contributed by atoms with Crippen molar-refractivity contribution in [3.05, 3.63) is 53.6 Å². The summed E-state index contributed by atoms with van der Waals surface area (Å²) < 4.78 is 26.7. The van der Waals surface area contributed by atoms with E-state index in [1.54, 1.807) is 25.2 Å². The summed E-state index contributed by atoms with van der Waals surface area (Å²) in [5.41, 5.74) is 7.41. The second-order valence-electron chi connectivity index (χ2n) is 4.48. The zero-order chi connectivity index (χ0) is 14.9. The van der Waals surface area contributed by atoms with Gasteiger partial charge < -0.3 is 10.6 Å². The van der Waals surface area contributed by atoms with Crippen molar-refractivity contribution in [2.24, 2.45) is 0 Å². The first-order valence-corrected chi connectivity index (χ1v) is 5.99. The van der Waals surface area contributed by atoms with Crippen molar-refractivity contribution in [2.45, 2.75) is 6.92 Å². The van der Waals surface area contributed by atoms with E-state index in [2.05, 4.69) is 0 Å². The zero-order valence-corrected chi connectivity index (χ0v) is 11.2. The number of anilines is 3. The van der Waals surface area contributed by atoms with Crippen molar-refractivity contribution in [2.75, 3.05) is 17.7 Å². The van der Waals surface area contributed by atoms with Gasteiger partial charge in [0.1, 0.15) is 11.6 Å². The molecule has 0 heterocycles. The first-order chi connectivity index (χ1) is 9.40. The van der Waals surface area contributed by atoms with Gasteiger partial charge in [-0.3, -0.25) is 4.79 Å². The van der Waals surface area contributed by atoms with Crippen molar-refractivity contribution in [3.8, 4) is 0 Å². The van der Waals surface area contributed by atoms with Gasteiger partial charge in [-0.05, 0) is 37.3 Å². The monoisotopic (exact) mass is 276 g/mol. The number of hydrogen-bond acceptors (Lipinski definition) is 3. The molecule has 0 spiro atoms. The fourth-order valence-electron chi connectivity index (χ4n) is 1.94. The topological polar surface area (TPSA) is 46.3 Å². The molecule has 0 radical (unpaired) electrons. The van der Waals surface area contributed by atoms with E-state index >= 15 is 0 Å². The van der Waals surface area contributed by atoms with E-state index in [9.17, 15) is 13.6 Å². The van der Waals surface area contributed by atoms with Gasteiger partial charge in [0, 0.05) is 18.7 Å². The molecule has 0 fully saturated rings. The van der Waals surface area contributed by atoms with Crippen LogP contribution in [0.25, 0.3) is 0 Å². The maximum absolute atomic E-state index is 13.8. The molecule has 2 aromatic carbocycles. The Labute approximate surface area is 115 Å². The molecule has 104 valence electrons. The fourth-order valence-corrected chi connectivity index (χ4v) is 1.94. The summed E-state index contributed by atoms with van der Waals surface area (Å²) in [5.74, 6) is -1.45. The normalized spacial score (nSPS) is 10.4. The highest BCUT2D eigenvalue weighted by atomic mass is 19.1. The smallest absolute Gasteiger partial charge is 0.159 e. The molecule has 0 saturated heterocycles. The Morgan fingerprint density at radius 2 is 1.80 bits per heavy atom. The van der Waals surface area contributed by atoms with Crippen LogP contribution in [-0.2, 0) is 0 Å². The van der Waals surface area contributed by atoms with Gasteiger partial charge in [-0.2, -0.15) is 0 Å². The highest BCUT2D eigenvalue weighted by molar-refractivity contribution is 5.96. The van der Waals surface area contributed by atoms with Gasteiger partial charge >= 0.3 is 0 Å². The minimum absolute atomic E-state index is 0.112. The van der Waals surface area contributed by atoms with Gasteiger partial charge in [0.05, 0.1) is 17.1 Å². The van der Waals surface area contributed by atoms with Crippen molar-refractivity contribution in [3.63, 3.8) is 0 Å². The first-order valence-electron chi connectivity index (χ1n) is 5.99. The number of nitrogens with two attached hydrogens (primary N) is 1. The third-order valence-electron chi connectivity index (χ3n) is 3.07. The van der Waals surface area contributed by atoms with Crippen LogP contribution < -0.4 is 10.6 Å². The number of hydrogen-bond donors (Lipinski definition) is 1. The Hall–Kier alpha value is -2.43. The number of ketones is 1. The zero-order valence-electron chi connectivity index (χ0n) is 11.2. The fraction of sp³-hybridized carbons (Fsp3) is 0.133. The van der Waals surface area contributed by atoms with Gasteiger partial charge in [0.2, 0.25) is 0 Å². The van der Waals surface area contributed by atoms with Crippen LogP contribution >= 0.6 is 0 Å². The van der Waals surface area contributed by atoms with Crippen molar-refractivity contribution < 1.29 is 13.6 Å². The standard InChI is InChI=1S/C15H14F2N2O/c1-9(20)10-3-5-13(18)15(7-10)19(2)14-6-4-11(16)8-12(14)17/h3-8H,18H2,1-2H3. The lowest BCUT2D eigenvalue weighted by molar-refractivity contribution is 0.101. The molecular formula is C15H14F2N2O. The molecule has 0 atom stereocenters. The number of halogens is 2. The summed E-state index contributed by atoms with van der Waals surface area (Å²) in [5, 5.41) is 0. The third-order valence-corrected chi connectivity index (χ3v) is 3.07. The Kier molecular flexibility index (Phi) is 3.70. The lowest BCUT2D eigenvalue weighted by atomic mass is 10.1. The number of rotatable bonds is 3. The van der Waals surface area contributed by atoms with Crippen LogP contribution in [0.15, 0.2) is 36.4 Å². The molecule has 0 aromatic heterocycles. The average molecular weight is 276 g/mol. The van der Waals surface area contributed by atoms with Crippen LogP contribution in [0.5, 0.6) is 0 Å². The van der Waals surface area contributed by atoms with Gasteiger partial charge in [0.15, 0.2) is 5.78 Å². The molecule has 2 rings (SSSR count). The Bertz CT molecular complexity index is 671. The highest BCUT2D eigenvalue weighted by Gasteiger charge is 2.14. The number of carbonyl (C=O) groups excluding carboxylic acids is 1. The average Bonchev–Trinajstić information content (AvgIpc) is 2.38. The summed E-state index contributed by atoms with van der Waals surface area (Å²) in [6.45, 7) is 1.44. The van der Waals surface area contributed by atoms with Crippen LogP contribution in [0, 0.1) is 11.6 Å². The summed E-state index contributed by atoms with van der Waals surface area (Å²) >= 11 is 0. The second-order valence-corrected chi connectivity index (χ2v) is 4.48. The van der Waals surface area contributed by atoms with E-state index < -0.39 is 11.6 Å². The molecule has 0 bridgehead atoms. The Morgan fingerprint density at radius 3 is 2.40 bits per heavy atom. The van der Waals surface area contributed by atoms with E-state index in [1.165, 1.54) is 24.0 Å². The molecule has 0 amide bonds. The molecular weight excluding hydrogens is 262 g/mol. The molecule has 2 N–H and O–H groups in total. The van der Waals surface area contributed by atoms with Crippen molar-refractivity contribution in [1.82, 2.24) is 0 Å². The molecule has 5 heteroatoms. The number of Topliss-reactive ketones (excluding diaryl/α,β-unsaturated/α-hetero) is 1. The summed E-state index contributed by atoms with van der Waals surface area (Å²) in [6, 6.07) is 8.07. The van der Waals surface area contributed by atoms with Crippen LogP contribution in [0.4, 0.5) is 25.8 Å². The lowest BCUT2D eigenvalue weighted by Gasteiger charge is -2.22. The van der Waals surface area contributed by atoms with Gasteiger partial charge in [-0.1, -0.05) is 0 Å². The molecule has 3 nitrogen and oxygen atoms in total. The minimum Gasteiger partial charge on any atom is -0.397 e. The molecule has 0 aliphatic carbocycles. The predicted octanol–water partition coefficient (Wildman–Crippen LogP) is 3.52. The van der Waals surface area contributed by atoms with Crippen LogP contribution in [-0.4, -0.2) is 12.8 Å². The summed E-state index contributed by atoms with van der Waals surface area (Å²) in [7, 11) is 1.60. The summed E-state index contributed by atoms with van der Waals surface area (Å²) in [4.78, 5) is 12.9. The summed E-state index contributed by atoms with van der Waals surface area (Å²) in [6.07, 6.45) is 0. The Morgan fingerprint density at radius 1 is 1.10 bits per heavy atom. The van der Waals surface area contributed by atoms with E-state index in [0.29, 0.717) is 16.9 Å². The number of benzene rings is 2. The van der Waals surface area contributed by atoms with Crippen molar-refractivity contribution >= 4 is 22.8 Å². The largest absolute Gasteiger partial charge is 0.397 e. The molecule has 0 saturated carbocycles. The molecule has 0 unspecified atom stereocenters. The highest BCUT2D eigenvalue weighted by Crippen LogP contribution is 2.31. The van der Waals surface area contributed by atoms with E-state index in [4.69, 9.17) is 5.73 Å². The predicted molar refractivity (Wildman–Crippen MR) is 75.3 cm³/mol. The number of nitrogen functional groups attached to an aromatic ring is 1. The van der Waals surface area contributed by atoms with Crippen molar-refractivity contribution in [1.29, 1.82) is 0 Å².